The molecule has 2 aromatic rings. The fourth-order valence-electron chi connectivity index (χ4n) is 1.81. The second kappa shape index (κ2) is 7.85. The number of benzene rings is 2. The van der Waals surface area contributed by atoms with Crippen LogP contribution in [0, 0.1) is 5.92 Å². The Bertz CT molecular complexity index is 636. The molecule has 22 heavy (non-hydrogen) atoms. The van der Waals surface area contributed by atoms with Crippen LogP contribution in [0.15, 0.2) is 47.5 Å². The normalized spacial score (nSPS) is 11.3. The largest absolute Gasteiger partial charge is 0.506 e. The summed E-state index contributed by atoms with van der Waals surface area (Å²) in [5.41, 5.74) is 1.38. The first kappa shape index (κ1) is 16.4. The first-order valence-electron chi connectivity index (χ1n) is 7.30. The molecule has 0 amide bonds. The SMILES string of the molecule is CC(C)CCOc1ccc(C=Nc2cc(Cl)ccc2O)cc1. The van der Waals surface area contributed by atoms with Crippen molar-refractivity contribution in [3.8, 4) is 11.5 Å². The van der Waals surface area contributed by atoms with E-state index in [0.717, 1.165) is 24.3 Å². The second-order valence-electron chi connectivity index (χ2n) is 5.49. The molecule has 4 heteroatoms. The van der Waals surface area contributed by atoms with Crippen LogP contribution in [-0.4, -0.2) is 17.9 Å². The molecule has 0 spiro atoms. The third kappa shape index (κ3) is 5.08. The van der Waals surface area contributed by atoms with Crippen molar-refractivity contribution in [3.63, 3.8) is 0 Å². The molecule has 0 saturated carbocycles. The average Bonchev–Trinajstić information content (AvgIpc) is 2.49. The molecule has 0 aliphatic rings. The van der Waals surface area contributed by atoms with Crippen molar-refractivity contribution < 1.29 is 9.84 Å². The lowest BCUT2D eigenvalue weighted by atomic mass is 10.1. The van der Waals surface area contributed by atoms with Crippen LogP contribution in [0.4, 0.5) is 5.69 Å². The molecule has 0 saturated heterocycles. The molecule has 0 aliphatic heterocycles. The highest BCUT2D eigenvalue weighted by Gasteiger charge is 2.00. The molecular weight excluding hydrogens is 298 g/mol. The fourth-order valence-corrected chi connectivity index (χ4v) is 1.97. The van der Waals surface area contributed by atoms with Crippen molar-refractivity contribution in [1.82, 2.24) is 0 Å². The monoisotopic (exact) mass is 317 g/mol. The predicted octanol–water partition coefficient (Wildman–Crippen LogP) is 5.22. The van der Waals surface area contributed by atoms with E-state index in [2.05, 4.69) is 18.8 Å². The molecule has 0 radical (unpaired) electrons. The summed E-state index contributed by atoms with van der Waals surface area (Å²) in [6.45, 7) is 5.07. The van der Waals surface area contributed by atoms with Gasteiger partial charge in [0.05, 0.1) is 6.61 Å². The minimum absolute atomic E-state index is 0.106. The van der Waals surface area contributed by atoms with Gasteiger partial charge in [-0.3, -0.25) is 4.99 Å². The number of aliphatic imine (C=N–C) groups is 1. The molecule has 0 unspecified atom stereocenters. The van der Waals surface area contributed by atoms with Crippen molar-refractivity contribution in [2.24, 2.45) is 10.9 Å². The van der Waals surface area contributed by atoms with Crippen molar-refractivity contribution >= 4 is 23.5 Å². The van der Waals surface area contributed by atoms with E-state index in [1.165, 1.54) is 6.07 Å². The topological polar surface area (TPSA) is 41.8 Å². The maximum atomic E-state index is 9.71. The molecular formula is C18H20ClNO2. The highest BCUT2D eigenvalue weighted by molar-refractivity contribution is 6.30. The van der Waals surface area contributed by atoms with E-state index in [0.29, 0.717) is 16.6 Å². The standard InChI is InChI=1S/C18H20ClNO2/c1-13(2)9-10-22-16-6-3-14(4-7-16)12-20-17-11-15(19)5-8-18(17)21/h3-8,11-13,21H,9-10H2,1-2H3. The first-order chi connectivity index (χ1) is 10.5. The van der Waals surface area contributed by atoms with Gasteiger partial charge in [0.25, 0.3) is 0 Å². The Morgan fingerprint density at radius 3 is 2.59 bits per heavy atom. The zero-order chi connectivity index (χ0) is 15.9. The average molecular weight is 318 g/mol. The van der Waals surface area contributed by atoms with Crippen LogP contribution in [0.3, 0.4) is 0 Å². The van der Waals surface area contributed by atoms with E-state index in [4.69, 9.17) is 16.3 Å². The van der Waals surface area contributed by atoms with Gasteiger partial charge in [0, 0.05) is 11.2 Å². The maximum absolute atomic E-state index is 9.71. The number of hydrogen-bond donors (Lipinski definition) is 1. The highest BCUT2D eigenvalue weighted by atomic mass is 35.5. The number of hydrogen-bond acceptors (Lipinski definition) is 3. The van der Waals surface area contributed by atoms with Gasteiger partial charge in [-0.1, -0.05) is 25.4 Å². The summed E-state index contributed by atoms with van der Waals surface area (Å²) in [5, 5.41) is 10.2. The third-order valence-electron chi connectivity index (χ3n) is 3.13. The lowest BCUT2D eigenvalue weighted by Gasteiger charge is -2.08. The third-order valence-corrected chi connectivity index (χ3v) is 3.37. The van der Waals surface area contributed by atoms with Gasteiger partial charge in [0.1, 0.15) is 17.2 Å². The minimum atomic E-state index is 0.106. The van der Waals surface area contributed by atoms with Crippen molar-refractivity contribution in [3.05, 3.63) is 53.1 Å². The Balaban J connectivity index is 1.98. The van der Waals surface area contributed by atoms with E-state index in [9.17, 15) is 5.11 Å². The number of rotatable bonds is 6. The Morgan fingerprint density at radius 1 is 1.18 bits per heavy atom. The molecule has 0 bridgehead atoms. The Morgan fingerprint density at radius 2 is 1.91 bits per heavy atom. The molecule has 0 fully saturated rings. The van der Waals surface area contributed by atoms with Crippen LogP contribution in [0.1, 0.15) is 25.8 Å². The number of nitrogens with zero attached hydrogens (tertiary/aromatic N) is 1. The maximum Gasteiger partial charge on any atom is 0.141 e. The molecule has 0 aromatic heterocycles. The van der Waals surface area contributed by atoms with Crippen LogP contribution in [0.2, 0.25) is 5.02 Å². The number of halogens is 1. The van der Waals surface area contributed by atoms with Crippen LogP contribution in [-0.2, 0) is 0 Å². The number of aromatic hydroxyl groups is 1. The Hall–Kier alpha value is -2.00. The molecule has 0 heterocycles. The minimum Gasteiger partial charge on any atom is -0.506 e. The van der Waals surface area contributed by atoms with Crippen LogP contribution >= 0.6 is 11.6 Å². The van der Waals surface area contributed by atoms with E-state index < -0.39 is 0 Å². The first-order valence-corrected chi connectivity index (χ1v) is 7.68. The van der Waals surface area contributed by atoms with Gasteiger partial charge in [0.2, 0.25) is 0 Å². The zero-order valence-corrected chi connectivity index (χ0v) is 13.5. The van der Waals surface area contributed by atoms with E-state index in [1.807, 2.05) is 24.3 Å². The van der Waals surface area contributed by atoms with Gasteiger partial charge in [-0.15, -0.1) is 0 Å². The summed E-state index contributed by atoms with van der Waals surface area (Å²) in [7, 11) is 0. The molecule has 0 atom stereocenters. The Kier molecular flexibility index (Phi) is 5.84. The van der Waals surface area contributed by atoms with Crippen molar-refractivity contribution in [2.45, 2.75) is 20.3 Å². The lowest BCUT2D eigenvalue weighted by Crippen LogP contribution is -2.01. The zero-order valence-electron chi connectivity index (χ0n) is 12.8. The number of ether oxygens (including phenoxy) is 1. The van der Waals surface area contributed by atoms with Crippen molar-refractivity contribution in [2.75, 3.05) is 6.61 Å². The van der Waals surface area contributed by atoms with Gasteiger partial charge < -0.3 is 9.84 Å². The number of phenolic OH excluding ortho intramolecular Hbond substituents is 1. The molecule has 2 aromatic carbocycles. The van der Waals surface area contributed by atoms with Gasteiger partial charge in [-0.05, 0) is 60.4 Å². The second-order valence-corrected chi connectivity index (χ2v) is 5.93. The van der Waals surface area contributed by atoms with Crippen LogP contribution in [0.25, 0.3) is 0 Å². The van der Waals surface area contributed by atoms with Crippen LogP contribution in [0.5, 0.6) is 11.5 Å². The highest BCUT2D eigenvalue weighted by Crippen LogP contribution is 2.29. The van der Waals surface area contributed by atoms with Gasteiger partial charge in [0.15, 0.2) is 0 Å². The van der Waals surface area contributed by atoms with E-state index >= 15 is 0 Å². The summed E-state index contributed by atoms with van der Waals surface area (Å²) in [6.07, 6.45) is 2.72. The van der Waals surface area contributed by atoms with E-state index in [1.54, 1.807) is 18.3 Å². The lowest BCUT2D eigenvalue weighted by molar-refractivity contribution is 0.289. The summed E-state index contributed by atoms with van der Waals surface area (Å²) >= 11 is 5.89. The molecule has 116 valence electrons. The van der Waals surface area contributed by atoms with Gasteiger partial charge in [-0.25, -0.2) is 0 Å². The molecule has 1 N–H and O–H groups in total. The van der Waals surface area contributed by atoms with E-state index in [-0.39, 0.29) is 5.75 Å². The van der Waals surface area contributed by atoms with Crippen LogP contribution < -0.4 is 4.74 Å². The molecule has 2 rings (SSSR count). The summed E-state index contributed by atoms with van der Waals surface area (Å²) < 4.78 is 5.67. The summed E-state index contributed by atoms with van der Waals surface area (Å²) in [6, 6.07) is 12.5. The predicted molar refractivity (Wildman–Crippen MR) is 91.8 cm³/mol. The summed E-state index contributed by atoms with van der Waals surface area (Å²) in [5.74, 6) is 1.59. The smallest absolute Gasteiger partial charge is 0.141 e. The summed E-state index contributed by atoms with van der Waals surface area (Å²) in [4.78, 5) is 4.25. The quantitative estimate of drug-likeness (QED) is 0.742. The Labute approximate surface area is 136 Å². The number of phenols is 1. The molecule has 0 aliphatic carbocycles. The van der Waals surface area contributed by atoms with Crippen molar-refractivity contribution in [1.29, 1.82) is 0 Å². The van der Waals surface area contributed by atoms with Gasteiger partial charge in [-0.2, -0.15) is 0 Å². The van der Waals surface area contributed by atoms with Gasteiger partial charge >= 0.3 is 0 Å². The fraction of sp³-hybridized carbons (Fsp3) is 0.278. The molecule has 3 nitrogen and oxygen atoms in total.